The number of benzene rings is 2. The van der Waals surface area contributed by atoms with Gasteiger partial charge >= 0.3 is 0 Å². The average Bonchev–Trinajstić information content (AvgIpc) is 3.05. The molecule has 1 amide bonds. The molecule has 0 aliphatic carbocycles. The van der Waals surface area contributed by atoms with Gasteiger partial charge in [0.25, 0.3) is 0 Å². The lowest BCUT2D eigenvalue weighted by Crippen LogP contribution is -2.32. The fourth-order valence-electron chi connectivity index (χ4n) is 3.22. The normalized spacial score (nSPS) is 15.1. The molecule has 1 saturated heterocycles. The van der Waals surface area contributed by atoms with Crippen molar-refractivity contribution < 1.29 is 18.7 Å². The summed E-state index contributed by atoms with van der Waals surface area (Å²) in [5, 5.41) is 4.48. The Hall–Kier alpha value is -2.34. The Morgan fingerprint density at radius 2 is 1.89 bits per heavy atom. The Balaban J connectivity index is 1.56. The first-order valence-electron chi connectivity index (χ1n) is 8.97. The lowest BCUT2D eigenvalue weighted by molar-refractivity contribution is -0.183. The highest BCUT2D eigenvalue weighted by Crippen LogP contribution is 2.36. The molecule has 5 nitrogen and oxygen atoms in total. The maximum Gasteiger partial charge on any atom is 0.225 e. The Bertz CT molecular complexity index is 932. The van der Waals surface area contributed by atoms with Gasteiger partial charge in [-0.15, -0.1) is 0 Å². The molecule has 0 bridgehead atoms. The first-order valence-corrected chi connectivity index (χ1v) is 9.35. The third kappa shape index (κ3) is 4.16. The number of hydrogen-bond donors (Lipinski definition) is 1. The Morgan fingerprint density at radius 3 is 2.67 bits per heavy atom. The van der Waals surface area contributed by atoms with E-state index in [-0.39, 0.29) is 18.9 Å². The highest BCUT2D eigenvalue weighted by atomic mass is 35.5. The molecule has 2 aromatic carbocycles. The number of fused-ring (bicyclic) bond motifs is 1. The summed E-state index contributed by atoms with van der Waals surface area (Å²) in [5.41, 5.74) is 2.70. The zero-order valence-electron chi connectivity index (χ0n) is 14.7. The molecule has 1 N–H and O–H groups in total. The summed E-state index contributed by atoms with van der Waals surface area (Å²) in [6.45, 7) is 1.53. The molecule has 0 spiro atoms. The molecule has 1 aliphatic rings. The molecular weight excluding hydrogens is 366 g/mol. The summed E-state index contributed by atoms with van der Waals surface area (Å²) in [7, 11) is 0. The van der Waals surface area contributed by atoms with E-state index in [0.29, 0.717) is 24.0 Å². The number of carbonyl (C=O) groups is 1. The predicted molar refractivity (Wildman–Crippen MR) is 103 cm³/mol. The zero-order valence-corrected chi connectivity index (χ0v) is 15.5. The van der Waals surface area contributed by atoms with E-state index in [0.717, 1.165) is 28.5 Å². The van der Waals surface area contributed by atoms with E-state index in [2.05, 4.69) is 5.32 Å². The van der Waals surface area contributed by atoms with Crippen LogP contribution in [0.2, 0.25) is 5.02 Å². The first-order chi connectivity index (χ1) is 13.2. The van der Waals surface area contributed by atoms with Crippen LogP contribution >= 0.6 is 11.6 Å². The molecule has 1 aliphatic heterocycles. The molecule has 0 unspecified atom stereocenters. The molecular formula is C21H20ClNO4. The quantitative estimate of drug-likeness (QED) is 0.701. The second-order valence-electron chi connectivity index (χ2n) is 6.41. The highest BCUT2D eigenvalue weighted by Gasteiger charge is 2.20. The van der Waals surface area contributed by atoms with Gasteiger partial charge in [0.1, 0.15) is 11.3 Å². The van der Waals surface area contributed by atoms with Crippen molar-refractivity contribution >= 4 is 28.5 Å². The summed E-state index contributed by atoms with van der Waals surface area (Å²) in [5.74, 6) is 0.552. The van der Waals surface area contributed by atoms with Gasteiger partial charge in [0.2, 0.25) is 5.91 Å². The van der Waals surface area contributed by atoms with Gasteiger partial charge in [0, 0.05) is 16.0 Å². The van der Waals surface area contributed by atoms with Crippen LogP contribution in [0.25, 0.3) is 22.1 Å². The zero-order chi connectivity index (χ0) is 18.6. The lowest BCUT2D eigenvalue weighted by atomic mass is 10.0. The number of nitrogens with one attached hydrogen (secondary N) is 1. The summed E-state index contributed by atoms with van der Waals surface area (Å²) < 4.78 is 16.9. The van der Waals surface area contributed by atoms with Crippen LogP contribution < -0.4 is 5.32 Å². The molecule has 27 heavy (non-hydrogen) atoms. The highest BCUT2D eigenvalue weighted by molar-refractivity contribution is 6.31. The van der Waals surface area contributed by atoms with Gasteiger partial charge in [-0.05, 0) is 30.2 Å². The SMILES string of the molecule is O=C(CC1OCCCO1)NCc1oc2ccc(Cl)cc2c1-c1ccccc1. The van der Waals surface area contributed by atoms with Gasteiger partial charge in [-0.25, -0.2) is 0 Å². The number of furan rings is 1. The van der Waals surface area contributed by atoms with Crippen molar-refractivity contribution in [2.24, 2.45) is 0 Å². The summed E-state index contributed by atoms with van der Waals surface area (Å²) in [4.78, 5) is 12.3. The van der Waals surface area contributed by atoms with Crippen LogP contribution in [0.5, 0.6) is 0 Å². The van der Waals surface area contributed by atoms with E-state index in [1.54, 1.807) is 6.07 Å². The summed E-state index contributed by atoms with van der Waals surface area (Å²) in [6.07, 6.45) is 0.564. The summed E-state index contributed by atoms with van der Waals surface area (Å²) >= 11 is 6.18. The van der Waals surface area contributed by atoms with Crippen molar-refractivity contribution in [2.75, 3.05) is 13.2 Å². The number of carbonyl (C=O) groups excluding carboxylic acids is 1. The van der Waals surface area contributed by atoms with Gasteiger partial charge in [-0.1, -0.05) is 41.9 Å². The second-order valence-corrected chi connectivity index (χ2v) is 6.85. The molecule has 0 atom stereocenters. The number of ether oxygens (including phenoxy) is 2. The third-order valence-electron chi connectivity index (χ3n) is 4.48. The maximum atomic E-state index is 12.3. The van der Waals surface area contributed by atoms with E-state index >= 15 is 0 Å². The minimum atomic E-state index is -0.471. The van der Waals surface area contributed by atoms with Gasteiger partial charge < -0.3 is 19.2 Å². The Morgan fingerprint density at radius 1 is 1.11 bits per heavy atom. The van der Waals surface area contributed by atoms with Crippen molar-refractivity contribution in [3.05, 3.63) is 59.3 Å². The molecule has 6 heteroatoms. The lowest BCUT2D eigenvalue weighted by Gasteiger charge is -2.22. The molecule has 3 aromatic rings. The topological polar surface area (TPSA) is 60.7 Å². The van der Waals surface area contributed by atoms with E-state index < -0.39 is 6.29 Å². The molecule has 140 valence electrons. The Labute approximate surface area is 162 Å². The summed E-state index contributed by atoms with van der Waals surface area (Å²) in [6, 6.07) is 15.5. The van der Waals surface area contributed by atoms with Crippen LogP contribution in [-0.2, 0) is 20.8 Å². The van der Waals surface area contributed by atoms with E-state index in [4.69, 9.17) is 25.5 Å². The number of hydrogen-bond acceptors (Lipinski definition) is 4. The first kappa shape index (κ1) is 18.0. The van der Waals surface area contributed by atoms with Crippen molar-refractivity contribution in [2.45, 2.75) is 25.7 Å². The molecule has 0 radical (unpaired) electrons. The van der Waals surface area contributed by atoms with E-state index in [1.165, 1.54) is 0 Å². The van der Waals surface area contributed by atoms with E-state index in [9.17, 15) is 4.79 Å². The predicted octanol–water partition coefficient (Wildman–Crippen LogP) is 4.52. The number of amides is 1. The van der Waals surface area contributed by atoms with E-state index in [1.807, 2.05) is 42.5 Å². The third-order valence-corrected chi connectivity index (χ3v) is 4.71. The fraction of sp³-hybridized carbons (Fsp3) is 0.286. The number of halogens is 1. The standard InChI is InChI=1S/C21H20ClNO4/c22-15-7-8-17-16(11-15)21(14-5-2-1-3-6-14)18(27-17)13-23-19(24)12-20-25-9-4-10-26-20/h1-3,5-8,11,20H,4,9-10,12-13H2,(H,23,24). The fourth-order valence-corrected chi connectivity index (χ4v) is 3.40. The van der Waals surface area contributed by atoms with Gasteiger partial charge in [-0.3, -0.25) is 4.79 Å². The van der Waals surface area contributed by atoms with Gasteiger partial charge in [-0.2, -0.15) is 0 Å². The minimum absolute atomic E-state index is 0.139. The van der Waals surface area contributed by atoms with Crippen molar-refractivity contribution in [3.63, 3.8) is 0 Å². The van der Waals surface area contributed by atoms with Crippen LogP contribution in [0, 0.1) is 0 Å². The van der Waals surface area contributed by atoms with Crippen LogP contribution in [0.15, 0.2) is 52.9 Å². The molecule has 1 aromatic heterocycles. The molecule has 0 saturated carbocycles. The van der Waals surface area contributed by atoms with Crippen molar-refractivity contribution in [1.82, 2.24) is 5.32 Å². The van der Waals surface area contributed by atoms with Crippen molar-refractivity contribution in [3.8, 4) is 11.1 Å². The van der Waals surface area contributed by atoms with Crippen LogP contribution in [0.3, 0.4) is 0 Å². The van der Waals surface area contributed by atoms with Crippen LogP contribution in [0.1, 0.15) is 18.6 Å². The van der Waals surface area contributed by atoms with Gasteiger partial charge in [0.05, 0.1) is 26.2 Å². The molecule has 2 heterocycles. The monoisotopic (exact) mass is 385 g/mol. The second kappa shape index (κ2) is 8.13. The van der Waals surface area contributed by atoms with Crippen LogP contribution in [-0.4, -0.2) is 25.4 Å². The van der Waals surface area contributed by atoms with Gasteiger partial charge in [0.15, 0.2) is 6.29 Å². The smallest absolute Gasteiger partial charge is 0.225 e. The molecule has 4 rings (SSSR count). The Kier molecular flexibility index (Phi) is 5.43. The average molecular weight is 386 g/mol. The number of rotatable bonds is 5. The largest absolute Gasteiger partial charge is 0.459 e. The van der Waals surface area contributed by atoms with Crippen molar-refractivity contribution in [1.29, 1.82) is 0 Å². The minimum Gasteiger partial charge on any atom is -0.459 e. The molecule has 1 fully saturated rings. The maximum absolute atomic E-state index is 12.3. The van der Waals surface area contributed by atoms with Crippen LogP contribution in [0.4, 0.5) is 0 Å².